The summed E-state index contributed by atoms with van der Waals surface area (Å²) < 4.78 is 4.80. The van der Waals surface area contributed by atoms with Gasteiger partial charge in [-0.05, 0) is 23.1 Å². The highest BCUT2D eigenvalue weighted by Crippen LogP contribution is 2.20. The Morgan fingerprint density at radius 3 is 2.85 bits per heavy atom. The predicted octanol–water partition coefficient (Wildman–Crippen LogP) is 0.925. The second-order valence-electron chi connectivity index (χ2n) is 4.17. The van der Waals surface area contributed by atoms with Gasteiger partial charge >= 0.3 is 5.97 Å². The number of aliphatic hydroxyl groups excluding tert-OH is 1. The fraction of sp³-hybridized carbons (Fsp3) is 0.385. The lowest BCUT2D eigenvalue weighted by Gasteiger charge is -2.20. The van der Waals surface area contributed by atoms with Crippen LogP contribution in [0.5, 0.6) is 0 Å². The molecule has 1 heterocycles. The van der Waals surface area contributed by atoms with Crippen LogP contribution < -0.4 is 0 Å². The molecule has 0 radical (unpaired) electrons. The van der Waals surface area contributed by atoms with Crippen LogP contribution in [-0.2, 0) is 9.53 Å². The molecule has 7 heteroatoms. The highest BCUT2D eigenvalue weighted by Gasteiger charge is 2.18. The minimum atomic E-state index is -1.07. The van der Waals surface area contributed by atoms with E-state index in [9.17, 15) is 14.7 Å². The van der Waals surface area contributed by atoms with E-state index < -0.39 is 12.1 Å². The molecule has 2 N–H and O–H groups in total. The number of carboxylic acid groups (broad SMARTS) is 1. The second-order valence-corrected chi connectivity index (χ2v) is 5.09. The Bertz CT molecular complexity index is 497. The second kappa shape index (κ2) is 7.78. The molecule has 6 nitrogen and oxygen atoms in total. The zero-order chi connectivity index (χ0) is 15.1. The number of likely N-dealkylation sites (N-methyl/N-ethyl adjacent to an activating group) is 1. The average Bonchev–Trinajstić information content (AvgIpc) is 2.83. The Kier molecular flexibility index (Phi) is 6.37. The van der Waals surface area contributed by atoms with Gasteiger partial charge in [0.05, 0.1) is 17.6 Å². The minimum absolute atomic E-state index is 0.145. The van der Waals surface area contributed by atoms with Crippen LogP contribution in [0.1, 0.15) is 15.2 Å². The maximum atomic E-state index is 12.2. The predicted molar refractivity (Wildman–Crippen MR) is 75.8 cm³/mol. The topological polar surface area (TPSA) is 87.1 Å². The smallest absolute Gasteiger partial charge is 0.328 e. The Morgan fingerprint density at radius 2 is 2.25 bits per heavy atom. The van der Waals surface area contributed by atoms with Crippen LogP contribution in [0.15, 0.2) is 17.5 Å². The van der Waals surface area contributed by atoms with Gasteiger partial charge in [-0.3, -0.25) is 4.79 Å². The average molecular weight is 299 g/mol. The van der Waals surface area contributed by atoms with E-state index >= 15 is 0 Å². The summed E-state index contributed by atoms with van der Waals surface area (Å²) >= 11 is 1.23. The number of amides is 1. The summed E-state index contributed by atoms with van der Waals surface area (Å²) in [6.07, 6.45) is 1.61. The number of hydrogen-bond acceptors (Lipinski definition) is 5. The molecule has 0 saturated carbocycles. The number of hydrogen-bond donors (Lipinski definition) is 2. The maximum Gasteiger partial charge on any atom is 0.328 e. The number of carbonyl (C=O) groups is 2. The zero-order valence-electron chi connectivity index (χ0n) is 11.3. The first-order valence-corrected chi connectivity index (χ1v) is 6.74. The van der Waals surface area contributed by atoms with E-state index in [0.29, 0.717) is 10.4 Å². The van der Waals surface area contributed by atoms with Crippen molar-refractivity contribution in [2.24, 2.45) is 0 Å². The van der Waals surface area contributed by atoms with Crippen LogP contribution in [0.2, 0.25) is 0 Å². The van der Waals surface area contributed by atoms with E-state index in [-0.39, 0.29) is 19.1 Å². The number of ether oxygens (including phenoxy) is 1. The van der Waals surface area contributed by atoms with Crippen LogP contribution in [0.4, 0.5) is 0 Å². The minimum Gasteiger partial charge on any atom is -0.478 e. The van der Waals surface area contributed by atoms with Crippen molar-refractivity contribution in [2.45, 2.75) is 6.10 Å². The molecular formula is C13H17NO5S. The summed E-state index contributed by atoms with van der Waals surface area (Å²) in [5.41, 5.74) is 0.551. The van der Waals surface area contributed by atoms with E-state index in [1.807, 2.05) is 0 Å². The van der Waals surface area contributed by atoms with Crippen molar-refractivity contribution in [1.82, 2.24) is 4.90 Å². The molecule has 0 bridgehead atoms. The zero-order valence-corrected chi connectivity index (χ0v) is 12.1. The number of thiophene rings is 1. The van der Waals surface area contributed by atoms with Gasteiger partial charge in [-0.15, -0.1) is 11.3 Å². The van der Waals surface area contributed by atoms with Crippen LogP contribution in [0.3, 0.4) is 0 Å². The third kappa shape index (κ3) is 4.76. The summed E-state index contributed by atoms with van der Waals surface area (Å²) in [6.45, 7) is 0.292. The van der Waals surface area contributed by atoms with Crippen molar-refractivity contribution in [2.75, 3.05) is 27.3 Å². The Hall–Kier alpha value is -1.70. The van der Waals surface area contributed by atoms with Gasteiger partial charge in [-0.2, -0.15) is 0 Å². The van der Waals surface area contributed by atoms with Crippen molar-refractivity contribution < 1.29 is 24.5 Å². The largest absolute Gasteiger partial charge is 0.478 e. The lowest BCUT2D eigenvalue weighted by molar-refractivity contribution is -0.131. The lowest BCUT2D eigenvalue weighted by atomic mass is 10.2. The van der Waals surface area contributed by atoms with E-state index in [1.165, 1.54) is 29.4 Å². The van der Waals surface area contributed by atoms with Gasteiger partial charge in [0.2, 0.25) is 0 Å². The number of rotatable bonds is 7. The normalized spacial score (nSPS) is 12.6. The molecule has 0 saturated heterocycles. The first-order valence-electron chi connectivity index (χ1n) is 5.86. The van der Waals surface area contributed by atoms with Crippen molar-refractivity contribution in [3.05, 3.63) is 28.0 Å². The number of aliphatic carboxylic acids is 1. The Labute approximate surface area is 120 Å². The first-order chi connectivity index (χ1) is 9.45. The van der Waals surface area contributed by atoms with Crippen LogP contribution >= 0.6 is 11.3 Å². The van der Waals surface area contributed by atoms with Gasteiger partial charge in [-0.1, -0.05) is 0 Å². The third-order valence-electron chi connectivity index (χ3n) is 2.49. The van der Waals surface area contributed by atoms with Gasteiger partial charge in [0, 0.05) is 26.8 Å². The lowest BCUT2D eigenvalue weighted by Crippen LogP contribution is -2.36. The number of methoxy groups -OCH3 is 1. The summed E-state index contributed by atoms with van der Waals surface area (Å²) in [6, 6.07) is 1.68. The molecule has 0 aliphatic carbocycles. The Morgan fingerprint density at radius 1 is 1.55 bits per heavy atom. The third-order valence-corrected chi connectivity index (χ3v) is 3.40. The van der Waals surface area contributed by atoms with Gasteiger partial charge in [0.1, 0.15) is 0 Å². The summed E-state index contributed by atoms with van der Waals surface area (Å²) in [4.78, 5) is 24.5. The first kappa shape index (κ1) is 16.4. The van der Waals surface area contributed by atoms with Crippen molar-refractivity contribution in [3.63, 3.8) is 0 Å². The molecular weight excluding hydrogens is 282 g/mol. The fourth-order valence-electron chi connectivity index (χ4n) is 1.60. The van der Waals surface area contributed by atoms with Crippen molar-refractivity contribution in [1.29, 1.82) is 0 Å². The molecule has 0 fully saturated rings. The number of nitrogens with zero attached hydrogens (tertiary/aromatic N) is 1. The molecule has 1 aromatic rings. The molecule has 1 aromatic heterocycles. The number of carboxylic acids is 1. The summed E-state index contributed by atoms with van der Waals surface area (Å²) in [7, 11) is 3.05. The number of aliphatic hydroxyl groups is 1. The summed E-state index contributed by atoms with van der Waals surface area (Å²) in [5.74, 6) is -1.33. The van der Waals surface area contributed by atoms with Gasteiger partial charge in [0.25, 0.3) is 5.91 Å². The molecule has 1 rings (SSSR count). The monoisotopic (exact) mass is 299 g/mol. The van der Waals surface area contributed by atoms with E-state index in [0.717, 1.165) is 6.08 Å². The molecule has 0 aliphatic heterocycles. The molecule has 1 unspecified atom stereocenters. The van der Waals surface area contributed by atoms with Crippen LogP contribution in [0, 0.1) is 0 Å². The highest BCUT2D eigenvalue weighted by atomic mass is 32.1. The van der Waals surface area contributed by atoms with Crippen molar-refractivity contribution in [3.8, 4) is 0 Å². The molecule has 110 valence electrons. The van der Waals surface area contributed by atoms with Gasteiger partial charge < -0.3 is 19.8 Å². The number of carbonyl (C=O) groups excluding carboxylic acids is 1. The highest BCUT2D eigenvalue weighted by molar-refractivity contribution is 7.12. The molecule has 0 aromatic carbocycles. The van der Waals surface area contributed by atoms with Crippen molar-refractivity contribution >= 4 is 29.3 Å². The van der Waals surface area contributed by atoms with Crippen LogP contribution in [0.25, 0.3) is 6.08 Å². The van der Waals surface area contributed by atoms with Crippen LogP contribution in [-0.4, -0.2) is 60.4 Å². The molecule has 0 spiro atoms. The quantitative estimate of drug-likeness (QED) is 0.731. The summed E-state index contributed by atoms with van der Waals surface area (Å²) in [5, 5.41) is 19.9. The van der Waals surface area contributed by atoms with Gasteiger partial charge in [0.15, 0.2) is 0 Å². The van der Waals surface area contributed by atoms with E-state index in [2.05, 4.69) is 0 Å². The van der Waals surface area contributed by atoms with E-state index in [4.69, 9.17) is 9.84 Å². The Balaban J connectivity index is 2.77. The molecule has 1 amide bonds. The molecule has 0 aliphatic rings. The molecule has 1 atom stereocenters. The fourth-order valence-corrected chi connectivity index (χ4v) is 2.48. The molecule has 20 heavy (non-hydrogen) atoms. The standard InChI is InChI=1S/C13H17NO5S/c1-14(7-10(15)8-19-2)13(18)12-9(5-6-20-12)3-4-11(16)17/h3-6,10,15H,7-8H2,1-2H3,(H,16,17). The van der Waals surface area contributed by atoms with Gasteiger partial charge in [-0.25, -0.2) is 4.79 Å². The van der Waals surface area contributed by atoms with E-state index in [1.54, 1.807) is 18.5 Å². The SMILES string of the molecule is COCC(O)CN(C)C(=O)c1sccc1C=CC(=O)O. The maximum absolute atomic E-state index is 12.2.